The van der Waals surface area contributed by atoms with Crippen molar-refractivity contribution >= 4 is 11.5 Å². The lowest BCUT2D eigenvalue weighted by atomic mass is 10.3. The first-order valence-electron chi connectivity index (χ1n) is 6.00. The van der Waals surface area contributed by atoms with Crippen LogP contribution in [0.4, 0.5) is 11.5 Å². The summed E-state index contributed by atoms with van der Waals surface area (Å²) in [6.07, 6.45) is 4.56. The van der Waals surface area contributed by atoms with E-state index < -0.39 is 4.92 Å². The predicted molar refractivity (Wildman–Crippen MR) is 71.0 cm³/mol. The minimum Gasteiger partial charge on any atom is -0.370 e. The van der Waals surface area contributed by atoms with Gasteiger partial charge in [-0.3, -0.25) is 14.8 Å². The Bertz CT molecular complexity index is 553. The Morgan fingerprint density at radius 2 is 2.32 bits per heavy atom. The van der Waals surface area contributed by atoms with Crippen molar-refractivity contribution in [3.8, 4) is 0 Å². The van der Waals surface area contributed by atoms with Crippen LogP contribution in [0.15, 0.2) is 30.6 Å². The SMILES string of the molecule is Cc1nc(NCCCn2cccn2)ccc1[N+](=O)[O-]. The van der Waals surface area contributed by atoms with Gasteiger partial charge in [0.25, 0.3) is 5.69 Å². The molecule has 0 bridgehead atoms. The van der Waals surface area contributed by atoms with E-state index in [-0.39, 0.29) is 5.69 Å². The Balaban J connectivity index is 1.83. The molecule has 0 fully saturated rings. The number of aromatic nitrogens is 3. The van der Waals surface area contributed by atoms with Gasteiger partial charge in [0.1, 0.15) is 11.5 Å². The summed E-state index contributed by atoms with van der Waals surface area (Å²) >= 11 is 0. The highest BCUT2D eigenvalue weighted by atomic mass is 16.6. The van der Waals surface area contributed by atoms with E-state index in [1.54, 1.807) is 19.2 Å². The largest absolute Gasteiger partial charge is 0.370 e. The average molecular weight is 261 g/mol. The monoisotopic (exact) mass is 261 g/mol. The summed E-state index contributed by atoms with van der Waals surface area (Å²) in [6, 6.07) is 4.98. The number of hydrogen-bond acceptors (Lipinski definition) is 5. The van der Waals surface area contributed by atoms with Gasteiger partial charge in [0.05, 0.1) is 4.92 Å². The van der Waals surface area contributed by atoms with Crippen molar-refractivity contribution in [3.05, 3.63) is 46.4 Å². The Hall–Kier alpha value is -2.44. The lowest BCUT2D eigenvalue weighted by Gasteiger charge is -2.06. The van der Waals surface area contributed by atoms with Crippen LogP contribution in [0.1, 0.15) is 12.1 Å². The van der Waals surface area contributed by atoms with Crippen LogP contribution >= 0.6 is 0 Å². The van der Waals surface area contributed by atoms with Crippen LogP contribution in [0.25, 0.3) is 0 Å². The molecule has 0 unspecified atom stereocenters. The van der Waals surface area contributed by atoms with E-state index in [2.05, 4.69) is 15.4 Å². The van der Waals surface area contributed by atoms with Crippen LogP contribution < -0.4 is 5.32 Å². The molecule has 7 heteroatoms. The predicted octanol–water partition coefficient (Wildman–Crippen LogP) is 2.00. The molecule has 100 valence electrons. The molecule has 0 atom stereocenters. The number of nitrogens with zero attached hydrogens (tertiary/aromatic N) is 4. The fraction of sp³-hybridized carbons (Fsp3) is 0.333. The minimum absolute atomic E-state index is 0.0436. The van der Waals surface area contributed by atoms with Crippen molar-refractivity contribution in [2.75, 3.05) is 11.9 Å². The van der Waals surface area contributed by atoms with Crippen molar-refractivity contribution in [2.45, 2.75) is 19.9 Å². The molecule has 7 nitrogen and oxygen atoms in total. The Kier molecular flexibility index (Phi) is 4.07. The number of rotatable bonds is 6. The number of nitrogens with one attached hydrogen (secondary N) is 1. The third-order valence-corrected chi connectivity index (χ3v) is 2.68. The lowest BCUT2D eigenvalue weighted by Crippen LogP contribution is -2.08. The second-order valence-electron chi connectivity index (χ2n) is 4.11. The summed E-state index contributed by atoms with van der Waals surface area (Å²) in [6.45, 7) is 3.20. The highest BCUT2D eigenvalue weighted by molar-refractivity contribution is 5.44. The maximum absolute atomic E-state index is 10.7. The lowest BCUT2D eigenvalue weighted by molar-refractivity contribution is -0.385. The van der Waals surface area contributed by atoms with Crippen molar-refractivity contribution in [3.63, 3.8) is 0 Å². The van der Waals surface area contributed by atoms with Crippen LogP contribution in [0.2, 0.25) is 0 Å². The smallest absolute Gasteiger partial charge is 0.290 e. The number of anilines is 1. The highest BCUT2D eigenvalue weighted by Crippen LogP contribution is 2.17. The van der Waals surface area contributed by atoms with E-state index in [0.717, 1.165) is 19.5 Å². The number of nitro groups is 1. The van der Waals surface area contributed by atoms with Gasteiger partial charge in [-0.2, -0.15) is 5.10 Å². The molecular weight excluding hydrogens is 246 g/mol. The molecule has 2 aromatic rings. The first kappa shape index (κ1) is 13.0. The summed E-state index contributed by atoms with van der Waals surface area (Å²) in [5.74, 6) is 0.656. The molecule has 1 N–H and O–H groups in total. The number of pyridine rings is 1. The maximum Gasteiger partial charge on any atom is 0.290 e. The minimum atomic E-state index is -0.427. The van der Waals surface area contributed by atoms with Gasteiger partial charge >= 0.3 is 0 Å². The van der Waals surface area contributed by atoms with Crippen LogP contribution in [-0.2, 0) is 6.54 Å². The van der Waals surface area contributed by atoms with Crippen LogP contribution in [0.3, 0.4) is 0 Å². The molecule has 2 heterocycles. The Morgan fingerprint density at radius 3 is 2.95 bits per heavy atom. The second-order valence-corrected chi connectivity index (χ2v) is 4.11. The van der Waals surface area contributed by atoms with Gasteiger partial charge in [-0.15, -0.1) is 0 Å². The van der Waals surface area contributed by atoms with E-state index in [1.165, 1.54) is 6.07 Å². The maximum atomic E-state index is 10.7. The molecule has 2 rings (SSSR count). The van der Waals surface area contributed by atoms with E-state index in [4.69, 9.17) is 0 Å². The average Bonchev–Trinajstić information content (AvgIpc) is 2.87. The fourth-order valence-corrected chi connectivity index (χ4v) is 1.74. The summed E-state index contributed by atoms with van der Waals surface area (Å²) in [5.41, 5.74) is 0.462. The van der Waals surface area contributed by atoms with Crippen molar-refractivity contribution in [1.82, 2.24) is 14.8 Å². The van der Waals surface area contributed by atoms with Gasteiger partial charge in [0.15, 0.2) is 0 Å². The third kappa shape index (κ3) is 3.51. The number of hydrogen-bond donors (Lipinski definition) is 1. The second kappa shape index (κ2) is 5.94. The molecule has 0 saturated carbocycles. The van der Waals surface area contributed by atoms with E-state index in [9.17, 15) is 10.1 Å². The molecular formula is C12H15N5O2. The molecule has 0 radical (unpaired) electrons. The highest BCUT2D eigenvalue weighted by Gasteiger charge is 2.11. The quantitative estimate of drug-likeness (QED) is 0.488. The summed E-state index contributed by atoms with van der Waals surface area (Å²) < 4.78 is 1.86. The zero-order valence-electron chi connectivity index (χ0n) is 10.6. The molecule has 0 amide bonds. The van der Waals surface area contributed by atoms with Crippen molar-refractivity contribution in [1.29, 1.82) is 0 Å². The van der Waals surface area contributed by atoms with Crippen LogP contribution in [0, 0.1) is 17.0 Å². The summed E-state index contributed by atoms with van der Waals surface area (Å²) in [7, 11) is 0. The Labute approximate surface area is 110 Å². The van der Waals surface area contributed by atoms with Gasteiger partial charge in [-0.1, -0.05) is 0 Å². The molecule has 0 aliphatic rings. The standard InChI is InChI=1S/C12H15N5O2/c1-10-11(17(18)19)4-5-12(15-10)13-6-2-8-16-9-3-7-14-16/h3-5,7,9H,2,6,8H2,1H3,(H,13,15). The third-order valence-electron chi connectivity index (χ3n) is 2.68. The number of aryl methyl sites for hydroxylation is 2. The molecule has 0 aromatic carbocycles. The Morgan fingerprint density at radius 1 is 1.47 bits per heavy atom. The summed E-state index contributed by atoms with van der Waals surface area (Å²) in [4.78, 5) is 14.4. The van der Waals surface area contributed by atoms with Gasteiger partial charge in [0.2, 0.25) is 0 Å². The molecule has 0 saturated heterocycles. The topological polar surface area (TPSA) is 85.9 Å². The zero-order valence-corrected chi connectivity index (χ0v) is 10.6. The molecule has 0 spiro atoms. The van der Waals surface area contributed by atoms with Crippen molar-refractivity contribution in [2.24, 2.45) is 0 Å². The zero-order chi connectivity index (χ0) is 13.7. The molecule has 0 aliphatic heterocycles. The molecule has 0 aliphatic carbocycles. The fourth-order valence-electron chi connectivity index (χ4n) is 1.74. The van der Waals surface area contributed by atoms with Crippen LogP contribution in [0.5, 0.6) is 0 Å². The molecule has 19 heavy (non-hydrogen) atoms. The van der Waals surface area contributed by atoms with Gasteiger partial charge < -0.3 is 5.32 Å². The van der Waals surface area contributed by atoms with Crippen molar-refractivity contribution < 1.29 is 4.92 Å². The first-order valence-corrected chi connectivity index (χ1v) is 6.00. The molecule has 2 aromatic heterocycles. The van der Waals surface area contributed by atoms with Gasteiger partial charge in [0, 0.05) is 31.5 Å². The van der Waals surface area contributed by atoms with Gasteiger partial charge in [-0.05, 0) is 25.5 Å². The van der Waals surface area contributed by atoms with Crippen LogP contribution in [-0.4, -0.2) is 26.2 Å². The first-order chi connectivity index (χ1) is 9.16. The van der Waals surface area contributed by atoms with E-state index in [1.807, 2.05) is 16.9 Å². The van der Waals surface area contributed by atoms with E-state index >= 15 is 0 Å². The van der Waals surface area contributed by atoms with Gasteiger partial charge in [-0.25, -0.2) is 4.98 Å². The van der Waals surface area contributed by atoms with E-state index in [0.29, 0.717) is 11.5 Å². The summed E-state index contributed by atoms with van der Waals surface area (Å²) in [5, 5.41) is 17.9. The normalized spacial score (nSPS) is 10.4.